The van der Waals surface area contributed by atoms with Crippen LogP contribution < -0.4 is 14.4 Å². The molecule has 1 N–H and O–H groups in total. The van der Waals surface area contributed by atoms with E-state index in [1.54, 1.807) is 36.4 Å². The van der Waals surface area contributed by atoms with E-state index in [4.69, 9.17) is 16.3 Å². The van der Waals surface area contributed by atoms with E-state index >= 15 is 0 Å². The molecule has 2 aromatic carbocycles. The van der Waals surface area contributed by atoms with Gasteiger partial charge in [-0.25, -0.2) is 8.42 Å². The lowest BCUT2D eigenvalue weighted by Crippen LogP contribution is -2.31. The number of benzene rings is 2. The zero-order valence-corrected chi connectivity index (χ0v) is 16.4. The monoisotopic (exact) mass is 396 g/mol. The normalized spacial score (nSPS) is 11.1. The molecule has 0 atom stereocenters. The summed E-state index contributed by atoms with van der Waals surface area (Å²) in [7, 11) is -2.06. The molecule has 0 aliphatic carbocycles. The number of rotatable bonds is 7. The number of hydrogen-bond acceptors (Lipinski definition) is 4. The molecule has 26 heavy (non-hydrogen) atoms. The van der Waals surface area contributed by atoms with Crippen molar-refractivity contribution < 1.29 is 17.9 Å². The van der Waals surface area contributed by atoms with Crippen LogP contribution >= 0.6 is 11.6 Å². The van der Waals surface area contributed by atoms with Crippen LogP contribution in [-0.2, 0) is 10.0 Å². The average molecular weight is 397 g/mol. The Bertz CT molecular complexity index is 900. The van der Waals surface area contributed by atoms with E-state index in [1.807, 2.05) is 13.0 Å². The minimum absolute atomic E-state index is 0.259. The van der Waals surface area contributed by atoms with E-state index in [0.717, 1.165) is 16.1 Å². The first kappa shape index (κ1) is 20.1. The lowest BCUT2D eigenvalue weighted by Gasteiger charge is -2.19. The van der Waals surface area contributed by atoms with E-state index in [-0.39, 0.29) is 24.6 Å². The fourth-order valence-electron chi connectivity index (χ4n) is 2.21. The lowest BCUT2D eigenvalue weighted by atomic mass is 10.1. The van der Waals surface area contributed by atoms with Crippen molar-refractivity contribution in [1.82, 2.24) is 5.32 Å². The molecule has 0 unspecified atom stereocenters. The van der Waals surface area contributed by atoms with Gasteiger partial charge in [0.2, 0.25) is 10.0 Å². The minimum Gasteiger partial charge on any atom is -0.492 e. The van der Waals surface area contributed by atoms with Gasteiger partial charge in [0, 0.05) is 12.1 Å². The van der Waals surface area contributed by atoms with E-state index < -0.39 is 10.0 Å². The molecular weight excluding hydrogens is 376 g/mol. The van der Waals surface area contributed by atoms with E-state index in [2.05, 4.69) is 5.32 Å². The number of hydrogen-bond donors (Lipinski definition) is 1. The van der Waals surface area contributed by atoms with Crippen molar-refractivity contribution in [1.29, 1.82) is 0 Å². The predicted molar refractivity (Wildman–Crippen MR) is 104 cm³/mol. The van der Waals surface area contributed by atoms with Gasteiger partial charge >= 0.3 is 0 Å². The fourth-order valence-corrected chi connectivity index (χ4v) is 2.90. The number of carbonyl (C=O) groups is 1. The molecule has 6 nitrogen and oxygen atoms in total. The van der Waals surface area contributed by atoms with Gasteiger partial charge in [-0.3, -0.25) is 9.10 Å². The van der Waals surface area contributed by atoms with Gasteiger partial charge < -0.3 is 10.1 Å². The lowest BCUT2D eigenvalue weighted by molar-refractivity contribution is 0.0947. The van der Waals surface area contributed by atoms with Crippen LogP contribution in [0.2, 0.25) is 5.02 Å². The van der Waals surface area contributed by atoms with Crippen molar-refractivity contribution >= 4 is 33.2 Å². The maximum atomic E-state index is 12.4. The third kappa shape index (κ3) is 5.12. The van der Waals surface area contributed by atoms with Crippen LogP contribution in [0.1, 0.15) is 15.9 Å². The summed E-state index contributed by atoms with van der Waals surface area (Å²) >= 11 is 6.04. The second-order valence-electron chi connectivity index (χ2n) is 5.76. The number of aryl methyl sites for hydroxylation is 1. The molecular formula is C18H21ClN2O4S. The second kappa shape index (κ2) is 8.42. The first-order chi connectivity index (χ1) is 12.2. The molecule has 0 aliphatic rings. The Kier molecular flexibility index (Phi) is 6.50. The third-order valence-corrected chi connectivity index (χ3v) is 5.38. The van der Waals surface area contributed by atoms with Crippen LogP contribution in [0.3, 0.4) is 0 Å². The maximum Gasteiger partial charge on any atom is 0.253 e. The quantitative estimate of drug-likeness (QED) is 0.730. The molecule has 0 aliphatic heterocycles. The van der Waals surface area contributed by atoms with Gasteiger partial charge in [0.25, 0.3) is 5.91 Å². The number of nitrogens with zero attached hydrogens (tertiary/aromatic N) is 1. The van der Waals surface area contributed by atoms with Gasteiger partial charge in [-0.2, -0.15) is 0 Å². The molecule has 0 spiro atoms. The van der Waals surface area contributed by atoms with Crippen molar-refractivity contribution in [2.75, 3.05) is 30.8 Å². The van der Waals surface area contributed by atoms with Crippen LogP contribution in [0.25, 0.3) is 0 Å². The summed E-state index contributed by atoms with van der Waals surface area (Å²) in [4.78, 5) is 12.4. The SMILES string of the molecule is Cc1ccc(OCCNC(=O)c2ccccc2N(C)S(C)(=O)=O)cc1Cl. The highest BCUT2D eigenvalue weighted by molar-refractivity contribution is 7.92. The number of sulfonamides is 1. The number of nitrogens with one attached hydrogen (secondary N) is 1. The topological polar surface area (TPSA) is 75.7 Å². The predicted octanol–water partition coefficient (Wildman–Crippen LogP) is 2.85. The van der Waals surface area contributed by atoms with Gasteiger partial charge in [-0.15, -0.1) is 0 Å². The fraction of sp³-hybridized carbons (Fsp3) is 0.278. The van der Waals surface area contributed by atoms with Crippen molar-refractivity contribution in [3.8, 4) is 5.75 Å². The molecule has 0 fully saturated rings. The zero-order chi connectivity index (χ0) is 19.3. The minimum atomic E-state index is -3.46. The number of para-hydroxylation sites is 1. The molecule has 2 aromatic rings. The molecule has 0 aromatic heterocycles. The van der Waals surface area contributed by atoms with E-state index in [1.165, 1.54) is 7.05 Å². The van der Waals surface area contributed by atoms with E-state index in [9.17, 15) is 13.2 Å². The standard InChI is InChI=1S/C18H21ClN2O4S/c1-13-8-9-14(12-16(13)19)25-11-10-20-18(22)15-6-4-5-7-17(15)21(2)26(3,23)24/h4-9,12H,10-11H2,1-3H3,(H,20,22). The second-order valence-corrected chi connectivity index (χ2v) is 8.18. The van der Waals surface area contributed by atoms with Crippen LogP contribution in [0, 0.1) is 6.92 Å². The Morgan fingerprint density at radius 2 is 1.92 bits per heavy atom. The summed E-state index contributed by atoms with van der Waals surface area (Å²) in [5.74, 6) is 0.244. The Morgan fingerprint density at radius 3 is 2.58 bits per heavy atom. The zero-order valence-electron chi connectivity index (χ0n) is 14.8. The summed E-state index contributed by atoms with van der Waals surface area (Å²) < 4.78 is 30.1. The highest BCUT2D eigenvalue weighted by atomic mass is 35.5. The maximum absolute atomic E-state index is 12.4. The molecule has 8 heteroatoms. The van der Waals surface area contributed by atoms with Crippen LogP contribution in [-0.4, -0.2) is 40.8 Å². The van der Waals surface area contributed by atoms with Gasteiger partial charge in [0.05, 0.1) is 24.1 Å². The van der Waals surface area contributed by atoms with Crippen LogP contribution in [0.4, 0.5) is 5.69 Å². The Hall–Kier alpha value is -2.25. The average Bonchev–Trinajstić information content (AvgIpc) is 2.60. The van der Waals surface area contributed by atoms with E-state index in [0.29, 0.717) is 16.5 Å². The third-order valence-electron chi connectivity index (χ3n) is 3.79. The molecule has 0 bridgehead atoms. The Labute approximate surface area is 158 Å². The first-order valence-electron chi connectivity index (χ1n) is 7.90. The number of amides is 1. The van der Waals surface area contributed by atoms with Gasteiger partial charge in [0.15, 0.2) is 0 Å². The summed E-state index contributed by atoms with van der Waals surface area (Å²) in [5, 5.41) is 3.34. The molecule has 0 heterocycles. The Morgan fingerprint density at radius 1 is 1.23 bits per heavy atom. The summed E-state index contributed by atoms with van der Waals surface area (Å²) in [6.07, 6.45) is 1.09. The summed E-state index contributed by atoms with van der Waals surface area (Å²) in [5.41, 5.74) is 1.55. The molecule has 2 rings (SSSR count). The van der Waals surface area contributed by atoms with Gasteiger partial charge in [-0.1, -0.05) is 29.8 Å². The highest BCUT2D eigenvalue weighted by Crippen LogP contribution is 2.22. The molecule has 0 saturated heterocycles. The smallest absolute Gasteiger partial charge is 0.253 e. The highest BCUT2D eigenvalue weighted by Gasteiger charge is 2.19. The van der Waals surface area contributed by atoms with Crippen molar-refractivity contribution in [2.24, 2.45) is 0 Å². The van der Waals surface area contributed by atoms with Gasteiger partial charge in [-0.05, 0) is 36.8 Å². The molecule has 0 radical (unpaired) electrons. The molecule has 140 valence electrons. The summed E-state index contributed by atoms with van der Waals surface area (Å²) in [6.45, 7) is 2.42. The molecule has 1 amide bonds. The Balaban J connectivity index is 1.97. The molecule has 0 saturated carbocycles. The van der Waals surface area contributed by atoms with Crippen molar-refractivity contribution in [2.45, 2.75) is 6.92 Å². The van der Waals surface area contributed by atoms with Gasteiger partial charge in [0.1, 0.15) is 12.4 Å². The number of halogens is 1. The summed E-state index contributed by atoms with van der Waals surface area (Å²) in [6, 6.07) is 11.9. The van der Waals surface area contributed by atoms with Crippen LogP contribution in [0.15, 0.2) is 42.5 Å². The number of anilines is 1. The first-order valence-corrected chi connectivity index (χ1v) is 10.1. The number of carbonyl (C=O) groups excluding carboxylic acids is 1. The van der Waals surface area contributed by atoms with Crippen LogP contribution in [0.5, 0.6) is 5.75 Å². The number of ether oxygens (including phenoxy) is 1. The largest absolute Gasteiger partial charge is 0.492 e. The van der Waals surface area contributed by atoms with Crippen molar-refractivity contribution in [3.63, 3.8) is 0 Å². The van der Waals surface area contributed by atoms with Crippen molar-refractivity contribution in [3.05, 3.63) is 58.6 Å².